The molecule has 0 aliphatic carbocycles. The first kappa shape index (κ1) is 14.3. The number of hydrogen-bond acceptors (Lipinski definition) is 3. The molecule has 0 aromatic heterocycles. The van der Waals surface area contributed by atoms with E-state index in [-0.39, 0.29) is 24.2 Å². The average Bonchev–Trinajstić information content (AvgIpc) is 2.80. The van der Waals surface area contributed by atoms with Gasteiger partial charge in [0.2, 0.25) is 5.91 Å². The van der Waals surface area contributed by atoms with Crippen LogP contribution < -0.4 is 5.32 Å². The van der Waals surface area contributed by atoms with Crippen LogP contribution in [0.15, 0.2) is 24.3 Å². The van der Waals surface area contributed by atoms with Crippen molar-refractivity contribution >= 4 is 12.0 Å². The Labute approximate surface area is 116 Å². The minimum atomic E-state index is -0.345. The number of nitrogens with one attached hydrogen (secondary N) is 1. The van der Waals surface area contributed by atoms with E-state index < -0.39 is 0 Å². The van der Waals surface area contributed by atoms with E-state index in [2.05, 4.69) is 5.32 Å². The number of hydrogen-bond donors (Lipinski definition) is 1. The monoisotopic (exact) mass is 280 g/mol. The fourth-order valence-electron chi connectivity index (χ4n) is 2.02. The summed E-state index contributed by atoms with van der Waals surface area (Å²) in [6.45, 7) is 2.10. The van der Waals surface area contributed by atoms with Gasteiger partial charge >= 0.3 is 6.09 Å². The van der Waals surface area contributed by atoms with Gasteiger partial charge in [0.05, 0.1) is 13.0 Å². The molecule has 1 aromatic rings. The minimum absolute atomic E-state index is 0.153. The Morgan fingerprint density at radius 2 is 2.30 bits per heavy atom. The molecule has 1 aliphatic heterocycles. The van der Waals surface area contributed by atoms with E-state index >= 15 is 0 Å². The maximum Gasteiger partial charge on any atom is 0.409 e. The third-order valence-corrected chi connectivity index (χ3v) is 3.03. The van der Waals surface area contributed by atoms with Crippen LogP contribution in [0.5, 0.6) is 0 Å². The highest BCUT2D eigenvalue weighted by molar-refractivity contribution is 5.78. The normalized spacial score (nSPS) is 14.2. The Balaban J connectivity index is 1.64. The van der Waals surface area contributed by atoms with Gasteiger partial charge < -0.3 is 15.0 Å². The van der Waals surface area contributed by atoms with Gasteiger partial charge in [-0.2, -0.15) is 0 Å². The number of rotatable bonds is 6. The highest BCUT2D eigenvalue weighted by Gasteiger charge is 2.20. The quantitative estimate of drug-likeness (QED) is 0.800. The van der Waals surface area contributed by atoms with Crippen LogP contribution in [0.1, 0.15) is 12.0 Å². The summed E-state index contributed by atoms with van der Waals surface area (Å²) in [6, 6.07) is 5.98. The third kappa shape index (κ3) is 4.22. The molecule has 0 bridgehead atoms. The van der Waals surface area contributed by atoms with Crippen LogP contribution in [0.25, 0.3) is 0 Å². The van der Waals surface area contributed by atoms with E-state index in [0.29, 0.717) is 38.2 Å². The molecule has 108 valence electrons. The van der Waals surface area contributed by atoms with Gasteiger partial charge in [0, 0.05) is 13.1 Å². The van der Waals surface area contributed by atoms with Crippen molar-refractivity contribution in [3.63, 3.8) is 0 Å². The van der Waals surface area contributed by atoms with Gasteiger partial charge in [-0.25, -0.2) is 9.18 Å². The van der Waals surface area contributed by atoms with Crippen LogP contribution in [-0.4, -0.2) is 43.1 Å². The number of benzene rings is 1. The molecular formula is C14H17FN2O3. The SMILES string of the molecule is O=C(Cc1cccc(F)c1)NCCCN1CCOC1=O. The van der Waals surface area contributed by atoms with Crippen molar-refractivity contribution in [2.24, 2.45) is 0 Å². The molecular weight excluding hydrogens is 263 g/mol. The predicted molar refractivity (Wildman–Crippen MR) is 70.7 cm³/mol. The third-order valence-electron chi connectivity index (χ3n) is 3.03. The highest BCUT2D eigenvalue weighted by Crippen LogP contribution is 2.05. The summed E-state index contributed by atoms with van der Waals surface area (Å²) < 4.78 is 17.8. The smallest absolute Gasteiger partial charge is 0.409 e. The lowest BCUT2D eigenvalue weighted by molar-refractivity contribution is -0.120. The van der Waals surface area contributed by atoms with Gasteiger partial charge in [-0.15, -0.1) is 0 Å². The molecule has 0 saturated carbocycles. The molecule has 0 unspecified atom stereocenters. The van der Waals surface area contributed by atoms with Gasteiger partial charge in [-0.3, -0.25) is 4.79 Å². The maximum absolute atomic E-state index is 13.0. The van der Waals surface area contributed by atoms with Crippen molar-refractivity contribution < 1.29 is 18.7 Å². The Bertz CT molecular complexity index is 493. The first-order valence-corrected chi connectivity index (χ1v) is 6.58. The molecule has 0 atom stereocenters. The number of halogens is 1. The molecule has 6 heteroatoms. The standard InChI is InChI=1S/C14H17FN2O3/c15-12-4-1-3-11(9-12)10-13(18)16-5-2-6-17-7-8-20-14(17)19/h1,3-4,9H,2,5-8,10H2,(H,16,18). The van der Waals surface area contributed by atoms with Gasteiger partial charge in [0.25, 0.3) is 0 Å². The molecule has 1 N–H and O–H groups in total. The molecule has 0 radical (unpaired) electrons. The number of carbonyl (C=O) groups excluding carboxylic acids is 2. The van der Waals surface area contributed by atoms with Crippen LogP contribution in [0, 0.1) is 5.82 Å². The molecule has 5 nitrogen and oxygen atoms in total. The summed E-state index contributed by atoms with van der Waals surface area (Å²) in [6.07, 6.45) is 0.532. The number of cyclic esters (lactones) is 1. The zero-order valence-electron chi connectivity index (χ0n) is 11.1. The summed E-state index contributed by atoms with van der Waals surface area (Å²) in [7, 11) is 0. The Hall–Kier alpha value is -2.11. The van der Waals surface area contributed by atoms with Crippen LogP contribution in [-0.2, 0) is 16.0 Å². The van der Waals surface area contributed by atoms with Crippen molar-refractivity contribution in [2.75, 3.05) is 26.2 Å². The number of carbonyl (C=O) groups is 2. The molecule has 1 heterocycles. The van der Waals surface area contributed by atoms with E-state index in [1.807, 2.05) is 0 Å². The summed E-state index contributed by atoms with van der Waals surface area (Å²) in [5, 5.41) is 2.75. The summed E-state index contributed by atoms with van der Waals surface area (Å²) in [5.41, 5.74) is 0.644. The molecule has 1 aliphatic rings. The second-order valence-corrected chi connectivity index (χ2v) is 4.61. The fourth-order valence-corrected chi connectivity index (χ4v) is 2.02. The second kappa shape index (κ2) is 6.88. The van der Waals surface area contributed by atoms with E-state index in [4.69, 9.17) is 4.74 Å². The van der Waals surface area contributed by atoms with Crippen LogP contribution in [0.2, 0.25) is 0 Å². The minimum Gasteiger partial charge on any atom is -0.448 e. The molecule has 0 spiro atoms. The molecule has 2 amide bonds. The zero-order valence-corrected chi connectivity index (χ0v) is 11.1. The molecule has 20 heavy (non-hydrogen) atoms. The van der Waals surface area contributed by atoms with Crippen LogP contribution in [0.4, 0.5) is 9.18 Å². The van der Waals surface area contributed by atoms with Crippen molar-refractivity contribution in [1.82, 2.24) is 10.2 Å². The summed E-state index contributed by atoms with van der Waals surface area (Å²) >= 11 is 0. The van der Waals surface area contributed by atoms with E-state index in [9.17, 15) is 14.0 Å². The van der Waals surface area contributed by atoms with E-state index in [1.54, 1.807) is 17.0 Å². The predicted octanol–water partition coefficient (Wildman–Crippen LogP) is 1.33. The highest BCUT2D eigenvalue weighted by atomic mass is 19.1. The van der Waals surface area contributed by atoms with E-state index in [0.717, 1.165) is 0 Å². The van der Waals surface area contributed by atoms with Crippen molar-refractivity contribution in [2.45, 2.75) is 12.8 Å². The largest absolute Gasteiger partial charge is 0.448 e. The number of nitrogens with zero attached hydrogens (tertiary/aromatic N) is 1. The first-order chi connectivity index (χ1) is 9.65. The molecule has 1 saturated heterocycles. The average molecular weight is 280 g/mol. The number of amides is 2. The summed E-state index contributed by atoms with van der Waals surface area (Å²) in [4.78, 5) is 24.4. The van der Waals surface area contributed by atoms with Gasteiger partial charge in [0.15, 0.2) is 0 Å². The van der Waals surface area contributed by atoms with E-state index in [1.165, 1.54) is 12.1 Å². The lowest BCUT2D eigenvalue weighted by Crippen LogP contribution is -2.31. The van der Waals surface area contributed by atoms with Crippen molar-refractivity contribution in [3.05, 3.63) is 35.6 Å². The van der Waals surface area contributed by atoms with Gasteiger partial charge in [-0.1, -0.05) is 12.1 Å². The van der Waals surface area contributed by atoms with Gasteiger partial charge in [-0.05, 0) is 24.1 Å². The first-order valence-electron chi connectivity index (χ1n) is 6.58. The molecule has 2 rings (SSSR count). The maximum atomic E-state index is 13.0. The topological polar surface area (TPSA) is 58.6 Å². The zero-order chi connectivity index (χ0) is 14.4. The number of ether oxygens (including phenoxy) is 1. The van der Waals surface area contributed by atoms with Crippen LogP contribution >= 0.6 is 0 Å². The molecule has 1 fully saturated rings. The van der Waals surface area contributed by atoms with Crippen LogP contribution in [0.3, 0.4) is 0 Å². The lowest BCUT2D eigenvalue weighted by atomic mass is 10.1. The van der Waals surface area contributed by atoms with Crippen molar-refractivity contribution in [1.29, 1.82) is 0 Å². The second-order valence-electron chi connectivity index (χ2n) is 4.61. The summed E-state index contributed by atoms with van der Waals surface area (Å²) in [5.74, 6) is -0.498. The Kier molecular flexibility index (Phi) is 4.92. The molecule has 1 aromatic carbocycles. The Morgan fingerprint density at radius 3 is 3.00 bits per heavy atom. The van der Waals surface area contributed by atoms with Crippen molar-refractivity contribution in [3.8, 4) is 0 Å². The Morgan fingerprint density at radius 1 is 1.45 bits per heavy atom. The lowest BCUT2D eigenvalue weighted by Gasteiger charge is -2.12. The fraction of sp³-hybridized carbons (Fsp3) is 0.429. The van der Waals surface area contributed by atoms with Gasteiger partial charge in [0.1, 0.15) is 12.4 Å².